The van der Waals surface area contributed by atoms with E-state index in [9.17, 15) is 9.18 Å². The van der Waals surface area contributed by atoms with Crippen molar-refractivity contribution >= 4 is 22.4 Å². The zero-order valence-electron chi connectivity index (χ0n) is 16.4. The lowest BCUT2D eigenvalue weighted by molar-refractivity contribution is 0.0950. The molecule has 0 saturated carbocycles. The van der Waals surface area contributed by atoms with Gasteiger partial charge in [0.1, 0.15) is 11.5 Å². The van der Waals surface area contributed by atoms with Crippen LogP contribution in [0.1, 0.15) is 34.1 Å². The summed E-state index contributed by atoms with van der Waals surface area (Å²) in [5.41, 5.74) is 8.60. The largest absolute Gasteiger partial charge is 0.289 e. The van der Waals surface area contributed by atoms with Gasteiger partial charge < -0.3 is 0 Å². The van der Waals surface area contributed by atoms with Crippen LogP contribution >= 0.6 is 0 Å². The average molecular weight is 398 g/mol. The fourth-order valence-electron chi connectivity index (χ4n) is 4.00. The Balaban J connectivity index is 1.40. The third-order valence-electron chi connectivity index (χ3n) is 5.56. The van der Waals surface area contributed by atoms with Crippen LogP contribution in [0.3, 0.4) is 0 Å². The van der Waals surface area contributed by atoms with Crippen molar-refractivity contribution in [2.24, 2.45) is 5.10 Å². The zero-order valence-corrected chi connectivity index (χ0v) is 16.4. The molecule has 0 atom stereocenters. The molecule has 148 valence electrons. The summed E-state index contributed by atoms with van der Waals surface area (Å²) < 4.78 is 13.1. The summed E-state index contributed by atoms with van der Waals surface area (Å²) >= 11 is 0. The summed E-state index contributed by atoms with van der Waals surface area (Å²) in [7, 11) is 0. The molecule has 1 aromatic heterocycles. The van der Waals surface area contributed by atoms with Gasteiger partial charge in [0.25, 0.3) is 5.91 Å². The quantitative estimate of drug-likeness (QED) is 0.389. The van der Waals surface area contributed by atoms with Crippen molar-refractivity contribution in [1.82, 2.24) is 15.6 Å². The van der Waals surface area contributed by atoms with Crippen LogP contribution in [-0.2, 0) is 12.8 Å². The Kier molecular flexibility index (Phi) is 4.39. The fourth-order valence-corrected chi connectivity index (χ4v) is 4.00. The lowest BCUT2D eigenvalue weighted by atomic mass is 9.98. The van der Waals surface area contributed by atoms with Crippen molar-refractivity contribution in [3.8, 4) is 11.3 Å². The summed E-state index contributed by atoms with van der Waals surface area (Å²) in [6, 6.07) is 18.3. The van der Waals surface area contributed by atoms with E-state index in [4.69, 9.17) is 0 Å². The van der Waals surface area contributed by atoms with Crippen LogP contribution in [0.2, 0.25) is 0 Å². The van der Waals surface area contributed by atoms with E-state index < -0.39 is 0 Å². The van der Waals surface area contributed by atoms with Gasteiger partial charge in [0, 0.05) is 5.56 Å². The van der Waals surface area contributed by atoms with Gasteiger partial charge in [0.15, 0.2) is 0 Å². The number of benzene rings is 3. The van der Waals surface area contributed by atoms with Crippen molar-refractivity contribution in [2.75, 3.05) is 0 Å². The number of aromatic amines is 1. The van der Waals surface area contributed by atoms with Gasteiger partial charge >= 0.3 is 0 Å². The lowest BCUT2D eigenvalue weighted by Gasteiger charge is -2.06. The molecule has 30 heavy (non-hydrogen) atoms. The van der Waals surface area contributed by atoms with E-state index >= 15 is 0 Å². The number of hydrogen-bond donors (Lipinski definition) is 2. The highest BCUT2D eigenvalue weighted by molar-refractivity contribution is 6.03. The van der Waals surface area contributed by atoms with Gasteiger partial charge in [0.2, 0.25) is 0 Å². The van der Waals surface area contributed by atoms with E-state index in [-0.39, 0.29) is 11.7 Å². The van der Waals surface area contributed by atoms with E-state index in [2.05, 4.69) is 51.1 Å². The summed E-state index contributed by atoms with van der Waals surface area (Å²) in [5.74, 6) is -0.704. The highest BCUT2D eigenvalue weighted by atomic mass is 19.1. The minimum Gasteiger partial charge on any atom is -0.272 e. The van der Waals surface area contributed by atoms with Gasteiger partial charge in [-0.15, -0.1) is 0 Å². The maximum atomic E-state index is 13.1. The van der Waals surface area contributed by atoms with Crippen LogP contribution < -0.4 is 5.43 Å². The first-order valence-corrected chi connectivity index (χ1v) is 9.80. The Bertz CT molecular complexity index is 1290. The topological polar surface area (TPSA) is 70.1 Å². The maximum Gasteiger partial charge on any atom is 0.289 e. The molecule has 5 nitrogen and oxygen atoms in total. The van der Waals surface area contributed by atoms with Crippen LogP contribution in [0.15, 0.2) is 65.8 Å². The molecule has 0 fully saturated rings. The molecule has 1 aliphatic rings. The molecule has 6 heteroatoms. The number of carbonyl (C=O) groups is 1. The van der Waals surface area contributed by atoms with Gasteiger partial charge in [-0.05, 0) is 65.4 Å². The van der Waals surface area contributed by atoms with E-state index in [0.29, 0.717) is 11.4 Å². The van der Waals surface area contributed by atoms with Gasteiger partial charge in [-0.1, -0.05) is 42.5 Å². The SMILES string of the molecule is C/C(=N/NC(=O)c1cc(-c2ccc3c4c(cccc24)CC3)n[nH]1)c1ccc(F)cc1. The molecule has 2 N–H and O–H groups in total. The predicted molar refractivity (Wildman–Crippen MR) is 115 cm³/mol. The number of rotatable bonds is 4. The second-order valence-electron chi connectivity index (χ2n) is 7.42. The average Bonchev–Trinajstić information content (AvgIpc) is 3.42. The molecule has 3 aromatic carbocycles. The monoisotopic (exact) mass is 398 g/mol. The molecule has 0 radical (unpaired) electrons. The summed E-state index contributed by atoms with van der Waals surface area (Å²) in [5, 5.41) is 13.7. The summed E-state index contributed by atoms with van der Waals surface area (Å²) in [4.78, 5) is 12.5. The van der Waals surface area contributed by atoms with Crippen LogP contribution in [0, 0.1) is 5.82 Å². The second kappa shape index (κ2) is 7.22. The second-order valence-corrected chi connectivity index (χ2v) is 7.42. The first-order valence-electron chi connectivity index (χ1n) is 9.80. The number of hydrogen-bond acceptors (Lipinski definition) is 3. The number of amides is 1. The fraction of sp³-hybridized carbons (Fsp3) is 0.125. The summed E-state index contributed by atoms with van der Waals surface area (Å²) in [6.07, 6.45) is 2.13. The molecule has 1 heterocycles. The standard InChI is InChI=1S/C24H19FN4O/c1-14(15-7-10-18(25)11-8-15)26-29-24(30)22-13-21(27-28-22)19-12-9-17-6-5-16-3-2-4-20(19)23(16)17/h2-4,7-13H,5-6H2,1H3,(H,27,28)(H,29,30)/b26-14-. The Hall–Kier alpha value is -3.80. The molecule has 4 aromatic rings. The van der Waals surface area contributed by atoms with Crippen LogP contribution in [-0.4, -0.2) is 21.8 Å². The minimum atomic E-state index is -0.388. The Morgan fingerprint density at radius 2 is 1.83 bits per heavy atom. The summed E-state index contributed by atoms with van der Waals surface area (Å²) in [6.45, 7) is 1.75. The van der Waals surface area contributed by atoms with Crippen LogP contribution in [0.4, 0.5) is 4.39 Å². The lowest BCUT2D eigenvalue weighted by Crippen LogP contribution is -2.19. The molecule has 1 aliphatic carbocycles. The van der Waals surface area contributed by atoms with Crippen molar-refractivity contribution in [3.63, 3.8) is 0 Å². The molecular weight excluding hydrogens is 379 g/mol. The van der Waals surface area contributed by atoms with Crippen molar-refractivity contribution in [3.05, 3.63) is 88.9 Å². The third kappa shape index (κ3) is 3.16. The number of nitrogens with zero attached hydrogens (tertiary/aromatic N) is 2. The van der Waals surface area contributed by atoms with E-state index in [1.165, 1.54) is 28.6 Å². The normalized spacial score (nSPS) is 13.1. The van der Waals surface area contributed by atoms with Gasteiger partial charge in [-0.25, -0.2) is 9.82 Å². The van der Waals surface area contributed by atoms with Crippen LogP contribution in [0.25, 0.3) is 22.0 Å². The smallest absolute Gasteiger partial charge is 0.272 e. The predicted octanol–water partition coefficient (Wildman–Crippen LogP) is 4.62. The molecule has 5 rings (SSSR count). The number of H-pyrrole nitrogens is 1. The number of nitrogens with one attached hydrogen (secondary N) is 2. The molecule has 0 bridgehead atoms. The van der Waals surface area contributed by atoms with Gasteiger partial charge in [-0.3, -0.25) is 9.89 Å². The van der Waals surface area contributed by atoms with Gasteiger partial charge in [0.05, 0.1) is 11.4 Å². The molecule has 0 saturated heterocycles. The molecular formula is C24H19FN4O. The Morgan fingerprint density at radius 3 is 2.63 bits per heavy atom. The first-order chi connectivity index (χ1) is 14.6. The first kappa shape index (κ1) is 18.2. The maximum absolute atomic E-state index is 13.1. The highest BCUT2D eigenvalue weighted by Crippen LogP contribution is 2.36. The Labute approximate surface area is 172 Å². The minimum absolute atomic E-state index is 0.316. The molecule has 0 aliphatic heterocycles. The Morgan fingerprint density at radius 1 is 1.07 bits per heavy atom. The highest BCUT2D eigenvalue weighted by Gasteiger charge is 2.18. The number of halogens is 1. The zero-order chi connectivity index (χ0) is 20.7. The molecule has 1 amide bonds. The third-order valence-corrected chi connectivity index (χ3v) is 5.56. The number of hydrazone groups is 1. The molecule has 0 spiro atoms. The van der Waals surface area contributed by atoms with Crippen molar-refractivity contribution in [2.45, 2.75) is 19.8 Å². The van der Waals surface area contributed by atoms with E-state index in [0.717, 1.165) is 35.0 Å². The van der Waals surface area contributed by atoms with Crippen molar-refractivity contribution < 1.29 is 9.18 Å². The van der Waals surface area contributed by atoms with Crippen LogP contribution in [0.5, 0.6) is 0 Å². The van der Waals surface area contributed by atoms with E-state index in [1.54, 1.807) is 25.1 Å². The van der Waals surface area contributed by atoms with Crippen molar-refractivity contribution in [1.29, 1.82) is 0 Å². The number of aromatic nitrogens is 2. The molecule has 0 unspecified atom stereocenters. The van der Waals surface area contributed by atoms with Gasteiger partial charge in [-0.2, -0.15) is 10.2 Å². The van der Waals surface area contributed by atoms with E-state index in [1.807, 2.05) is 0 Å². The number of aryl methyl sites for hydroxylation is 2. The number of carbonyl (C=O) groups excluding carboxylic acids is 1.